The zero-order valence-corrected chi connectivity index (χ0v) is 15.9. The summed E-state index contributed by atoms with van der Waals surface area (Å²) in [5, 5.41) is 8.57. The molecule has 25 heavy (non-hydrogen) atoms. The van der Waals surface area contributed by atoms with Crippen LogP contribution in [0.4, 0.5) is 5.69 Å². The summed E-state index contributed by atoms with van der Waals surface area (Å²) in [7, 11) is 0. The number of carbonyl (C=O) groups is 1. The number of nitrogens with zero attached hydrogens (tertiary/aromatic N) is 2. The van der Waals surface area contributed by atoms with Crippen molar-refractivity contribution in [1.29, 1.82) is 0 Å². The van der Waals surface area contributed by atoms with Crippen molar-refractivity contribution in [2.24, 2.45) is 11.1 Å². The summed E-state index contributed by atoms with van der Waals surface area (Å²) in [5.74, 6) is 0.0670. The van der Waals surface area contributed by atoms with Crippen molar-refractivity contribution in [3.63, 3.8) is 0 Å². The Kier molecular flexibility index (Phi) is 6.47. The van der Waals surface area contributed by atoms with Crippen LogP contribution in [-0.2, 0) is 4.79 Å². The third-order valence-corrected chi connectivity index (χ3v) is 5.25. The first-order valence-corrected chi connectivity index (χ1v) is 9.00. The highest BCUT2D eigenvalue weighted by Gasteiger charge is 2.32. The Bertz CT molecular complexity index is 719. The molecular formula is C19H29ClN4O. The summed E-state index contributed by atoms with van der Waals surface area (Å²) in [4.78, 5) is 12.5. The molecule has 0 bridgehead atoms. The van der Waals surface area contributed by atoms with E-state index in [1.807, 2.05) is 29.1 Å². The molecule has 3 N–H and O–H groups in total. The van der Waals surface area contributed by atoms with Gasteiger partial charge in [0, 0.05) is 23.5 Å². The van der Waals surface area contributed by atoms with Gasteiger partial charge < -0.3 is 11.1 Å². The second-order valence-corrected chi connectivity index (χ2v) is 7.45. The molecule has 0 unspecified atom stereocenters. The number of fused-ring (bicyclic) bond motifs is 1. The number of hydrogen-bond donors (Lipinski definition) is 2. The van der Waals surface area contributed by atoms with Gasteiger partial charge >= 0.3 is 0 Å². The fraction of sp³-hybridized carbons (Fsp3) is 0.579. The quantitative estimate of drug-likeness (QED) is 0.831. The van der Waals surface area contributed by atoms with Crippen LogP contribution in [0.5, 0.6) is 0 Å². The van der Waals surface area contributed by atoms with E-state index < -0.39 is 0 Å². The maximum absolute atomic E-state index is 12.5. The number of anilines is 1. The maximum Gasteiger partial charge on any atom is 0.224 e. The molecule has 0 radical (unpaired) electrons. The highest BCUT2D eigenvalue weighted by molar-refractivity contribution is 5.94. The van der Waals surface area contributed by atoms with E-state index in [-0.39, 0.29) is 29.8 Å². The third kappa shape index (κ3) is 4.33. The first-order chi connectivity index (χ1) is 11.5. The average molecular weight is 365 g/mol. The van der Waals surface area contributed by atoms with Gasteiger partial charge in [-0.3, -0.25) is 9.48 Å². The van der Waals surface area contributed by atoms with E-state index in [9.17, 15) is 4.79 Å². The van der Waals surface area contributed by atoms with Gasteiger partial charge in [-0.05, 0) is 56.8 Å². The van der Waals surface area contributed by atoms with Crippen LogP contribution >= 0.6 is 12.4 Å². The summed E-state index contributed by atoms with van der Waals surface area (Å²) in [6, 6.07) is 6.26. The first-order valence-electron chi connectivity index (χ1n) is 9.00. The molecule has 1 aliphatic carbocycles. The molecule has 1 saturated carbocycles. The van der Waals surface area contributed by atoms with Gasteiger partial charge in [-0.1, -0.05) is 19.3 Å². The lowest BCUT2D eigenvalue weighted by Crippen LogP contribution is -2.36. The molecule has 0 spiro atoms. The molecule has 1 heterocycles. The van der Waals surface area contributed by atoms with Gasteiger partial charge in [-0.25, -0.2) is 0 Å². The van der Waals surface area contributed by atoms with E-state index >= 15 is 0 Å². The fourth-order valence-electron chi connectivity index (χ4n) is 3.83. The molecule has 1 aliphatic rings. The van der Waals surface area contributed by atoms with Crippen molar-refractivity contribution in [1.82, 2.24) is 9.78 Å². The van der Waals surface area contributed by atoms with E-state index in [2.05, 4.69) is 24.3 Å². The SMILES string of the molecule is CC(C)n1ncc2ccc(NC(=O)CC3(CN)CCCCC3)cc21.Cl. The summed E-state index contributed by atoms with van der Waals surface area (Å²) >= 11 is 0. The molecule has 0 atom stereocenters. The number of benzene rings is 1. The molecule has 2 aromatic rings. The van der Waals surface area contributed by atoms with Crippen LogP contribution in [0.3, 0.4) is 0 Å². The molecular weight excluding hydrogens is 336 g/mol. The Morgan fingerprint density at radius 1 is 1.32 bits per heavy atom. The van der Waals surface area contributed by atoms with Gasteiger partial charge in [-0.2, -0.15) is 5.10 Å². The Balaban J connectivity index is 0.00000225. The largest absolute Gasteiger partial charge is 0.330 e. The molecule has 3 rings (SSSR count). The summed E-state index contributed by atoms with van der Waals surface area (Å²) < 4.78 is 1.98. The number of halogens is 1. The van der Waals surface area contributed by atoms with Gasteiger partial charge in [0.25, 0.3) is 0 Å². The van der Waals surface area contributed by atoms with Gasteiger partial charge in [-0.15, -0.1) is 12.4 Å². The number of hydrogen-bond acceptors (Lipinski definition) is 3. The van der Waals surface area contributed by atoms with E-state index in [1.54, 1.807) is 0 Å². The third-order valence-electron chi connectivity index (χ3n) is 5.25. The maximum atomic E-state index is 12.5. The zero-order valence-electron chi connectivity index (χ0n) is 15.1. The van der Waals surface area contributed by atoms with Crippen LogP contribution in [-0.4, -0.2) is 22.2 Å². The summed E-state index contributed by atoms with van der Waals surface area (Å²) in [6.07, 6.45) is 8.15. The van der Waals surface area contributed by atoms with Crippen molar-refractivity contribution >= 4 is 34.9 Å². The van der Waals surface area contributed by atoms with Crippen LogP contribution in [0.2, 0.25) is 0 Å². The normalized spacial score (nSPS) is 16.6. The predicted molar refractivity (Wildman–Crippen MR) is 105 cm³/mol. The van der Waals surface area contributed by atoms with Gasteiger partial charge in [0.1, 0.15) is 0 Å². The van der Waals surface area contributed by atoms with Crippen molar-refractivity contribution in [3.8, 4) is 0 Å². The van der Waals surface area contributed by atoms with Gasteiger partial charge in [0.05, 0.1) is 11.7 Å². The minimum absolute atomic E-state index is 0. The minimum atomic E-state index is -0.00780. The fourth-order valence-corrected chi connectivity index (χ4v) is 3.83. The van der Waals surface area contributed by atoms with Gasteiger partial charge in [0.15, 0.2) is 0 Å². The zero-order chi connectivity index (χ0) is 17.2. The Morgan fingerprint density at radius 3 is 2.68 bits per heavy atom. The number of amides is 1. The van der Waals surface area contributed by atoms with Crippen LogP contribution < -0.4 is 11.1 Å². The molecule has 1 aromatic heterocycles. The Hall–Kier alpha value is -1.59. The lowest BCUT2D eigenvalue weighted by atomic mass is 9.71. The van der Waals surface area contributed by atoms with E-state index in [1.165, 1.54) is 19.3 Å². The van der Waals surface area contributed by atoms with Gasteiger partial charge in [0.2, 0.25) is 5.91 Å². The van der Waals surface area contributed by atoms with Crippen LogP contribution in [0.1, 0.15) is 58.4 Å². The lowest BCUT2D eigenvalue weighted by Gasteiger charge is -2.35. The molecule has 1 amide bonds. The number of nitrogens with one attached hydrogen (secondary N) is 1. The number of carbonyl (C=O) groups excluding carboxylic acids is 1. The molecule has 0 saturated heterocycles. The smallest absolute Gasteiger partial charge is 0.224 e. The molecule has 1 fully saturated rings. The molecule has 0 aliphatic heterocycles. The standard InChI is InChI=1S/C19H28N4O.ClH/c1-14(2)23-17-10-16(7-6-15(17)12-21-23)22-18(24)11-19(13-20)8-4-3-5-9-19;/h6-7,10,12,14H,3-5,8-9,11,13,20H2,1-2H3,(H,22,24);1H. The summed E-state index contributed by atoms with van der Waals surface area (Å²) in [5.41, 5.74) is 7.88. The van der Waals surface area contributed by atoms with E-state index in [0.29, 0.717) is 13.0 Å². The van der Waals surface area contributed by atoms with Crippen molar-refractivity contribution < 1.29 is 4.79 Å². The van der Waals surface area contributed by atoms with Crippen LogP contribution in [0.25, 0.3) is 10.9 Å². The first kappa shape index (κ1) is 19.7. The molecule has 6 heteroatoms. The van der Waals surface area contributed by atoms with Crippen LogP contribution in [0, 0.1) is 5.41 Å². The number of nitrogens with two attached hydrogens (primary N) is 1. The van der Waals surface area contributed by atoms with Crippen LogP contribution in [0.15, 0.2) is 24.4 Å². The van der Waals surface area contributed by atoms with E-state index in [0.717, 1.165) is 29.4 Å². The topological polar surface area (TPSA) is 72.9 Å². The highest BCUT2D eigenvalue weighted by atomic mass is 35.5. The van der Waals surface area contributed by atoms with Crippen molar-refractivity contribution in [2.75, 3.05) is 11.9 Å². The van der Waals surface area contributed by atoms with Crippen molar-refractivity contribution in [2.45, 2.75) is 58.4 Å². The predicted octanol–water partition coefficient (Wildman–Crippen LogP) is 4.28. The Morgan fingerprint density at radius 2 is 2.04 bits per heavy atom. The number of rotatable bonds is 5. The molecule has 138 valence electrons. The summed E-state index contributed by atoms with van der Waals surface area (Å²) in [6.45, 7) is 4.80. The number of aromatic nitrogens is 2. The van der Waals surface area contributed by atoms with E-state index in [4.69, 9.17) is 5.73 Å². The lowest BCUT2D eigenvalue weighted by molar-refractivity contribution is -0.118. The Labute approximate surface area is 155 Å². The molecule has 1 aromatic carbocycles. The second kappa shape index (κ2) is 8.19. The van der Waals surface area contributed by atoms with Crippen molar-refractivity contribution in [3.05, 3.63) is 24.4 Å². The monoisotopic (exact) mass is 364 g/mol. The second-order valence-electron chi connectivity index (χ2n) is 7.45. The average Bonchev–Trinajstić information content (AvgIpc) is 2.99. The highest BCUT2D eigenvalue weighted by Crippen LogP contribution is 2.38. The minimum Gasteiger partial charge on any atom is -0.330 e. The molecule has 5 nitrogen and oxygen atoms in total.